The van der Waals surface area contributed by atoms with Gasteiger partial charge in [0.1, 0.15) is 5.75 Å². The first-order valence-corrected chi connectivity index (χ1v) is 7.47. The molecule has 0 fully saturated rings. The van der Waals surface area contributed by atoms with Gasteiger partial charge >= 0.3 is 0 Å². The number of rotatable bonds is 4. The Kier molecular flexibility index (Phi) is 4.53. The van der Waals surface area contributed by atoms with Crippen LogP contribution in [0.1, 0.15) is 5.56 Å². The summed E-state index contributed by atoms with van der Waals surface area (Å²) in [6, 6.07) is 14.2. The van der Waals surface area contributed by atoms with E-state index in [-0.39, 0.29) is 11.7 Å². The minimum Gasteiger partial charge on any atom is -0.399 e. The Bertz CT molecular complexity index is 642. The molecule has 104 valence electrons. The van der Waals surface area contributed by atoms with E-state index in [0.29, 0.717) is 16.3 Å². The summed E-state index contributed by atoms with van der Waals surface area (Å²) in [6.45, 7) is 1.86. The Labute approximate surface area is 120 Å². The Morgan fingerprint density at radius 1 is 1.20 bits per heavy atom. The quantitative estimate of drug-likeness (QED) is 0.848. The average Bonchev–Trinajstić information content (AvgIpc) is 2.43. The number of hydrogen-bond acceptors (Lipinski definition) is 3. The monoisotopic (exact) mass is 288 g/mol. The molecule has 4 nitrogen and oxygen atoms in total. The van der Waals surface area contributed by atoms with Gasteiger partial charge in [0, 0.05) is 16.3 Å². The third-order valence-electron chi connectivity index (χ3n) is 2.79. The fraction of sp³-hybridized carbons (Fsp3) is 0.133. The SMILES string of the molecule is Cc1cc(N)ccc1NC(=O)CS(=O)c1ccccc1. The summed E-state index contributed by atoms with van der Waals surface area (Å²) in [5, 5.41) is 2.75. The van der Waals surface area contributed by atoms with Gasteiger partial charge in [0.05, 0.1) is 10.8 Å². The molecule has 2 rings (SSSR count). The number of nitrogens with two attached hydrogens (primary N) is 1. The minimum atomic E-state index is -1.33. The summed E-state index contributed by atoms with van der Waals surface area (Å²) >= 11 is 0. The summed E-state index contributed by atoms with van der Waals surface area (Å²) in [5.74, 6) is -0.339. The number of hydrogen-bond donors (Lipinski definition) is 2. The lowest BCUT2D eigenvalue weighted by molar-refractivity contribution is -0.113. The molecular weight excluding hydrogens is 272 g/mol. The van der Waals surface area contributed by atoms with Gasteiger partial charge in [-0.25, -0.2) is 0 Å². The van der Waals surface area contributed by atoms with Gasteiger partial charge in [0.25, 0.3) is 0 Å². The van der Waals surface area contributed by atoms with Crippen LogP contribution in [0.5, 0.6) is 0 Å². The molecule has 20 heavy (non-hydrogen) atoms. The summed E-state index contributed by atoms with van der Waals surface area (Å²) in [6.07, 6.45) is 0. The number of anilines is 2. The molecular formula is C15H16N2O2S. The molecule has 5 heteroatoms. The number of carbonyl (C=O) groups is 1. The van der Waals surface area contributed by atoms with E-state index in [1.54, 1.807) is 42.5 Å². The Hall–Kier alpha value is -2.14. The molecule has 0 radical (unpaired) electrons. The number of aryl methyl sites for hydroxylation is 1. The van der Waals surface area contributed by atoms with Crippen molar-refractivity contribution in [2.24, 2.45) is 0 Å². The number of nitrogen functional groups attached to an aromatic ring is 1. The van der Waals surface area contributed by atoms with Gasteiger partial charge in [-0.15, -0.1) is 0 Å². The zero-order chi connectivity index (χ0) is 14.5. The second kappa shape index (κ2) is 6.34. The number of carbonyl (C=O) groups excluding carboxylic acids is 1. The summed E-state index contributed by atoms with van der Waals surface area (Å²) in [5.41, 5.74) is 7.87. The van der Waals surface area contributed by atoms with Crippen molar-refractivity contribution in [3.8, 4) is 0 Å². The van der Waals surface area contributed by atoms with Crippen LogP contribution in [0, 0.1) is 6.92 Å². The van der Waals surface area contributed by atoms with Crippen LogP contribution in [0.4, 0.5) is 11.4 Å². The van der Waals surface area contributed by atoms with E-state index in [1.807, 2.05) is 13.0 Å². The lowest BCUT2D eigenvalue weighted by Gasteiger charge is -2.09. The molecule has 1 atom stereocenters. The third-order valence-corrected chi connectivity index (χ3v) is 4.12. The standard InChI is InChI=1S/C15H16N2O2S/c1-11-9-12(16)7-8-14(11)17-15(18)10-20(19)13-5-3-2-4-6-13/h2-9H,10,16H2,1H3,(H,17,18). The first kappa shape index (κ1) is 14.3. The van der Waals surface area contributed by atoms with Gasteiger partial charge in [0.15, 0.2) is 0 Å². The number of nitrogens with one attached hydrogen (secondary N) is 1. The van der Waals surface area contributed by atoms with E-state index < -0.39 is 10.8 Å². The van der Waals surface area contributed by atoms with E-state index in [2.05, 4.69) is 5.32 Å². The van der Waals surface area contributed by atoms with Crippen LogP contribution in [0.2, 0.25) is 0 Å². The first-order valence-electron chi connectivity index (χ1n) is 6.15. The van der Waals surface area contributed by atoms with Crippen molar-refractivity contribution < 1.29 is 9.00 Å². The molecule has 0 aliphatic heterocycles. The lowest BCUT2D eigenvalue weighted by Crippen LogP contribution is -2.20. The van der Waals surface area contributed by atoms with Crippen LogP contribution in [0.15, 0.2) is 53.4 Å². The van der Waals surface area contributed by atoms with Crippen molar-refractivity contribution in [3.63, 3.8) is 0 Å². The van der Waals surface area contributed by atoms with Crippen molar-refractivity contribution in [3.05, 3.63) is 54.1 Å². The molecule has 0 aliphatic carbocycles. The highest BCUT2D eigenvalue weighted by Crippen LogP contribution is 2.17. The van der Waals surface area contributed by atoms with Gasteiger partial charge in [-0.1, -0.05) is 18.2 Å². The fourth-order valence-corrected chi connectivity index (χ4v) is 2.73. The van der Waals surface area contributed by atoms with E-state index in [9.17, 15) is 9.00 Å². The Morgan fingerprint density at radius 3 is 2.55 bits per heavy atom. The predicted octanol–water partition coefficient (Wildman–Crippen LogP) is 2.32. The topological polar surface area (TPSA) is 72.2 Å². The van der Waals surface area contributed by atoms with Crippen molar-refractivity contribution in [2.45, 2.75) is 11.8 Å². The zero-order valence-electron chi connectivity index (χ0n) is 11.1. The highest BCUT2D eigenvalue weighted by molar-refractivity contribution is 7.85. The largest absolute Gasteiger partial charge is 0.399 e. The second-order valence-corrected chi connectivity index (χ2v) is 5.88. The lowest BCUT2D eigenvalue weighted by atomic mass is 10.2. The maximum absolute atomic E-state index is 12.0. The van der Waals surface area contributed by atoms with E-state index in [4.69, 9.17) is 5.73 Å². The molecule has 0 saturated carbocycles. The van der Waals surface area contributed by atoms with Gasteiger partial charge < -0.3 is 11.1 Å². The summed E-state index contributed by atoms with van der Waals surface area (Å²) < 4.78 is 12.0. The highest BCUT2D eigenvalue weighted by atomic mass is 32.2. The van der Waals surface area contributed by atoms with Crippen molar-refractivity contribution in [1.29, 1.82) is 0 Å². The smallest absolute Gasteiger partial charge is 0.237 e. The van der Waals surface area contributed by atoms with Gasteiger partial charge in [-0.05, 0) is 42.8 Å². The molecule has 2 aromatic rings. The average molecular weight is 288 g/mol. The van der Waals surface area contributed by atoms with Gasteiger partial charge in [-0.2, -0.15) is 0 Å². The molecule has 0 aromatic heterocycles. The van der Waals surface area contributed by atoms with Crippen LogP contribution in [-0.4, -0.2) is 15.9 Å². The Morgan fingerprint density at radius 2 is 1.90 bits per heavy atom. The molecule has 1 unspecified atom stereocenters. The third kappa shape index (κ3) is 3.68. The molecule has 0 spiro atoms. The molecule has 2 aromatic carbocycles. The minimum absolute atomic E-state index is 0.0617. The molecule has 1 amide bonds. The van der Waals surface area contributed by atoms with E-state index >= 15 is 0 Å². The first-order chi connectivity index (χ1) is 9.56. The molecule has 0 bridgehead atoms. The number of amides is 1. The number of benzene rings is 2. The maximum atomic E-state index is 12.0. The maximum Gasteiger partial charge on any atom is 0.237 e. The van der Waals surface area contributed by atoms with Crippen molar-refractivity contribution in [2.75, 3.05) is 16.8 Å². The Balaban J connectivity index is 2.01. The fourth-order valence-electron chi connectivity index (χ4n) is 1.79. The second-order valence-electron chi connectivity index (χ2n) is 4.43. The van der Waals surface area contributed by atoms with Crippen LogP contribution in [-0.2, 0) is 15.6 Å². The zero-order valence-corrected chi connectivity index (χ0v) is 11.9. The van der Waals surface area contributed by atoms with Crippen LogP contribution in [0.3, 0.4) is 0 Å². The summed E-state index contributed by atoms with van der Waals surface area (Å²) in [4.78, 5) is 12.5. The van der Waals surface area contributed by atoms with Crippen molar-refractivity contribution in [1.82, 2.24) is 0 Å². The van der Waals surface area contributed by atoms with Crippen LogP contribution >= 0.6 is 0 Å². The normalized spacial score (nSPS) is 11.8. The van der Waals surface area contributed by atoms with Crippen LogP contribution < -0.4 is 11.1 Å². The predicted molar refractivity (Wildman–Crippen MR) is 81.9 cm³/mol. The summed E-state index contributed by atoms with van der Waals surface area (Å²) in [7, 11) is -1.33. The molecule has 0 saturated heterocycles. The van der Waals surface area contributed by atoms with E-state index in [1.165, 1.54) is 0 Å². The van der Waals surface area contributed by atoms with Crippen LogP contribution in [0.25, 0.3) is 0 Å². The van der Waals surface area contributed by atoms with E-state index in [0.717, 1.165) is 5.56 Å². The molecule has 3 N–H and O–H groups in total. The molecule has 0 aliphatic rings. The van der Waals surface area contributed by atoms with Gasteiger partial charge in [0.2, 0.25) is 5.91 Å². The van der Waals surface area contributed by atoms with Crippen molar-refractivity contribution >= 4 is 28.1 Å². The van der Waals surface area contributed by atoms with Gasteiger partial charge in [-0.3, -0.25) is 9.00 Å². The highest BCUT2D eigenvalue weighted by Gasteiger charge is 2.11. The molecule has 0 heterocycles.